The molecular weight excluding hydrogens is 305 g/mol. The average Bonchev–Trinajstić information content (AvgIpc) is 2.42. The van der Waals surface area contributed by atoms with Crippen LogP contribution in [-0.2, 0) is 13.2 Å². The van der Waals surface area contributed by atoms with E-state index in [1.807, 2.05) is 19.2 Å². The lowest BCUT2D eigenvalue weighted by Crippen LogP contribution is -2.06. The predicted octanol–water partition coefficient (Wildman–Crippen LogP) is 4.91. The van der Waals surface area contributed by atoms with Crippen molar-refractivity contribution < 1.29 is 4.74 Å². The standard InChI is InChI=1S/C17H19Cl2NO/c1-11-6-14(9-20-3)7-12(2)17(11)21-10-13-4-5-15(18)16(19)8-13/h4-8,20H,9-10H2,1-3H3. The monoisotopic (exact) mass is 323 g/mol. The predicted molar refractivity (Wildman–Crippen MR) is 89.5 cm³/mol. The Morgan fingerprint density at radius 1 is 0.952 bits per heavy atom. The summed E-state index contributed by atoms with van der Waals surface area (Å²) >= 11 is 11.9. The number of benzene rings is 2. The SMILES string of the molecule is CNCc1cc(C)c(OCc2ccc(Cl)c(Cl)c2)c(C)c1. The highest BCUT2D eigenvalue weighted by Crippen LogP contribution is 2.27. The molecule has 1 N–H and O–H groups in total. The number of rotatable bonds is 5. The van der Waals surface area contributed by atoms with Crippen LogP contribution in [0.3, 0.4) is 0 Å². The molecule has 0 atom stereocenters. The van der Waals surface area contributed by atoms with Gasteiger partial charge in [0, 0.05) is 6.54 Å². The summed E-state index contributed by atoms with van der Waals surface area (Å²) in [6, 6.07) is 9.85. The topological polar surface area (TPSA) is 21.3 Å². The largest absolute Gasteiger partial charge is 0.488 e. The van der Waals surface area contributed by atoms with E-state index in [9.17, 15) is 0 Å². The lowest BCUT2D eigenvalue weighted by Gasteiger charge is -2.14. The molecule has 2 aromatic rings. The van der Waals surface area contributed by atoms with Crippen molar-refractivity contribution in [2.24, 2.45) is 0 Å². The van der Waals surface area contributed by atoms with Crippen molar-refractivity contribution in [2.45, 2.75) is 27.0 Å². The fourth-order valence-corrected chi connectivity index (χ4v) is 2.68. The third kappa shape index (κ3) is 4.13. The van der Waals surface area contributed by atoms with E-state index in [0.717, 1.165) is 29.0 Å². The molecule has 0 aliphatic heterocycles. The van der Waals surface area contributed by atoms with Crippen LogP contribution in [0.1, 0.15) is 22.3 Å². The maximum absolute atomic E-state index is 6.02. The van der Waals surface area contributed by atoms with Gasteiger partial charge in [-0.05, 0) is 55.3 Å². The van der Waals surface area contributed by atoms with Crippen LogP contribution in [0.5, 0.6) is 5.75 Å². The Hall–Kier alpha value is -1.22. The van der Waals surface area contributed by atoms with Crippen molar-refractivity contribution in [3.05, 3.63) is 62.6 Å². The van der Waals surface area contributed by atoms with E-state index in [1.54, 1.807) is 6.07 Å². The molecular formula is C17H19Cl2NO. The summed E-state index contributed by atoms with van der Waals surface area (Å²) in [5.74, 6) is 0.931. The van der Waals surface area contributed by atoms with Gasteiger partial charge in [0.2, 0.25) is 0 Å². The molecule has 112 valence electrons. The second-order valence-electron chi connectivity index (χ2n) is 5.13. The number of hydrogen-bond acceptors (Lipinski definition) is 2. The highest BCUT2D eigenvalue weighted by molar-refractivity contribution is 6.42. The Morgan fingerprint density at radius 3 is 2.19 bits per heavy atom. The second-order valence-corrected chi connectivity index (χ2v) is 5.94. The van der Waals surface area contributed by atoms with E-state index in [-0.39, 0.29) is 0 Å². The first-order valence-corrected chi connectivity index (χ1v) is 7.58. The van der Waals surface area contributed by atoms with Crippen LogP contribution in [0.25, 0.3) is 0 Å². The zero-order valence-electron chi connectivity index (χ0n) is 12.5. The number of nitrogens with one attached hydrogen (secondary N) is 1. The maximum Gasteiger partial charge on any atom is 0.125 e. The fourth-order valence-electron chi connectivity index (χ4n) is 2.36. The zero-order valence-corrected chi connectivity index (χ0v) is 14.0. The van der Waals surface area contributed by atoms with Gasteiger partial charge in [0.15, 0.2) is 0 Å². The Morgan fingerprint density at radius 2 is 1.62 bits per heavy atom. The molecule has 0 radical (unpaired) electrons. The Bertz CT molecular complexity index is 618. The van der Waals surface area contributed by atoms with E-state index in [4.69, 9.17) is 27.9 Å². The highest BCUT2D eigenvalue weighted by atomic mass is 35.5. The summed E-state index contributed by atoms with van der Waals surface area (Å²) in [6.07, 6.45) is 0. The molecule has 0 amide bonds. The van der Waals surface area contributed by atoms with Crippen molar-refractivity contribution >= 4 is 23.2 Å². The summed E-state index contributed by atoms with van der Waals surface area (Å²) in [5, 5.41) is 4.27. The Kier molecular flexibility index (Phi) is 5.51. The maximum atomic E-state index is 6.02. The summed E-state index contributed by atoms with van der Waals surface area (Å²) in [6.45, 7) is 5.46. The average molecular weight is 324 g/mol. The normalized spacial score (nSPS) is 10.7. The van der Waals surface area contributed by atoms with Gasteiger partial charge in [-0.15, -0.1) is 0 Å². The van der Waals surface area contributed by atoms with Crippen molar-refractivity contribution in [1.29, 1.82) is 0 Å². The van der Waals surface area contributed by atoms with Crippen molar-refractivity contribution in [3.63, 3.8) is 0 Å². The quantitative estimate of drug-likeness (QED) is 0.844. The minimum absolute atomic E-state index is 0.476. The minimum Gasteiger partial charge on any atom is -0.488 e. The number of ether oxygens (including phenoxy) is 1. The van der Waals surface area contributed by atoms with Crippen molar-refractivity contribution in [1.82, 2.24) is 5.32 Å². The molecule has 0 bridgehead atoms. The van der Waals surface area contributed by atoms with Gasteiger partial charge in [0.05, 0.1) is 10.0 Å². The van der Waals surface area contributed by atoms with Crippen LogP contribution < -0.4 is 10.1 Å². The molecule has 0 spiro atoms. The Labute approximate surface area is 136 Å². The summed E-state index contributed by atoms with van der Waals surface area (Å²) < 4.78 is 5.96. The molecule has 0 aliphatic rings. The van der Waals surface area contributed by atoms with Gasteiger partial charge in [0.1, 0.15) is 12.4 Å². The van der Waals surface area contributed by atoms with E-state index >= 15 is 0 Å². The van der Waals surface area contributed by atoms with E-state index in [1.165, 1.54) is 5.56 Å². The van der Waals surface area contributed by atoms with Crippen LogP contribution in [0.4, 0.5) is 0 Å². The molecule has 2 aromatic carbocycles. The van der Waals surface area contributed by atoms with E-state index in [2.05, 4.69) is 31.3 Å². The van der Waals surface area contributed by atoms with E-state index < -0.39 is 0 Å². The first-order valence-electron chi connectivity index (χ1n) is 6.82. The molecule has 2 rings (SSSR count). The number of aryl methyl sites for hydroxylation is 2. The molecule has 2 nitrogen and oxygen atoms in total. The second kappa shape index (κ2) is 7.17. The van der Waals surface area contributed by atoms with Crippen LogP contribution >= 0.6 is 23.2 Å². The first kappa shape index (κ1) is 16.2. The van der Waals surface area contributed by atoms with Gasteiger partial charge in [-0.2, -0.15) is 0 Å². The van der Waals surface area contributed by atoms with Crippen LogP contribution in [0, 0.1) is 13.8 Å². The fraction of sp³-hybridized carbons (Fsp3) is 0.294. The molecule has 0 unspecified atom stereocenters. The van der Waals surface area contributed by atoms with Crippen LogP contribution in [0.15, 0.2) is 30.3 Å². The lowest BCUT2D eigenvalue weighted by molar-refractivity contribution is 0.302. The van der Waals surface area contributed by atoms with Crippen LogP contribution in [0.2, 0.25) is 10.0 Å². The molecule has 0 saturated heterocycles. The van der Waals surface area contributed by atoms with Crippen LogP contribution in [-0.4, -0.2) is 7.05 Å². The summed E-state index contributed by atoms with van der Waals surface area (Å²) in [5.41, 5.74) is 4.54. The molecule has 0 aliphatic carbocycles. The van der Waals surface area contributed by atoms with Gasteiger partial charge in [-0.1, -0.05) is 41.4 Å². The summed E-state index contributed by atoms with van der Waals surface area (Å²) in [7, 11) is 1.94. The third-order valence-corrected chi connectivity index (χ3v) is 4.01. The van der Waals surface area contributed by atoms with Gasteiger partial charge in [-0.25, -0.2) is 0 Å². The van der Waals surface area contributed by atoms with Crippen molar-refractivity contribution in [2.75, 3.05) is 7.05 Å². The van der Waals surface area contributed by atoms with Gasteiger partial charge < -0.3 is 10.1 Å². The first-order chi connectivity index (χ1) is 10.0. The molecule has 0 saturated carbocycles. The lowest BCUT2D eigenvalue weighted by atomic mass is 10.1. The molecule has 0 fully saturated rings. The molecule has 0 heterocycles. The highest BCUT2D eigenvalue weighted by Gasteiger charge is 2.07. The van der Waals surface area contributed by atoms with Crippen molar-refractivity contribution in [3.8, 4) is 5.75 Å². The molecule has 4 heteroatoms. The zero-order chi connectivity index (χ0) is 15.4. The Balaban J connectivity index is 2.14. The van der Waals surface area contributed by atoms with Gasteiger partial charge in [0.25, 0.3) is 0 Å². The molecule has 21 heavy (non-hydrogen) atoms. The minimum atomic E-state index is 0.476. The summed E-state index contributed by atoms with van der Waals surface area (Å²) in [4.78, 5) is 0. The van der Waals surface area contributed by atoms with Gasteiger partial charge >= 0.3 is 0 Å². The number of hydrogen-bond donors (Lipinski definition) is 1. The third-order valence-electron chi connectivity index (χ3n) is 3.27. The number of halogens is 2. The smallest absolute Gasteiger partial charge is 0.125 e. The van der Waals surface area contributed by atoms with Gasteiger partial charge in [-0.3, -0.25) is 0 Å². The van der Waals surface area contributed by atoms with E-state index in [0.29, 0.717) is 16.7 Å². The molecule has 0 aromatic heterocycles.